The zero-order valence-electron chi connectivity index (χ0n) is 11.5. The predicted molar refractivity (Wildman–Crippen MR) is 78.6 cm³/mol. The number of carbonyl (C=O) groups is 1. The van der Waals surface area contributed by atoms with E-state index in [4.69, 9.17) is 26.4 Å². The summed E-state index contributed by atoms with van der Waals surface area (Å²) in [7, 11) is 3.14. The van der Waals surface area contributed by atoms with Crippen LogP contribution in [0.4, 0.5) is 0 Å². The SMILES string of the molecule is CCOc1ccc(C=C2OC(=S)N(C)C2=O)cc1OC. The summed E-state index contributed by atoms with van der Waals surface area (Å²) in [6.45, 7) is 2.45. The van der Waals surface area contributed by atoms with Crippen molar-refractivity contribution in [1.82, 2.24) is 4.90 Å². The van der Waals surface area contributed by atoms with Crippen molar-refractivity contribution in [1.29, 1.82) is 0 Å². The quantitative estimate of drug-likeness (QED) is 0.629. The molecule has 0 bridgehead atoms. The van der Waals surface area contributed by atoms with Gasteiger partial charge in [-0.05, 0) is 42.9 Å². The molecule has 0 radical (unpaired) electrons. The standard InChI is InChI=1S/C14H15NO4S/c1-4-18-10-6-5-9(7-11(10)17-3)8-12-13(16)15(2)14(20)19-12/h5-8H,4H2,1-3H3. The molecule has 1 aliphatic rings. The number of carbonyl (C=O) groups excluding carboxylic acids is 1. The van der Waals surface area contributed by atoms with Crippen LogP contribution >= 0.6 is 12.2 Å². The van der Waals surface area contributed by atoms with Crippen LogP contribution in [0.15, 0.2) is 24.0 Å². The molecule has 1 amide bonds. The van der Waals surface area contributed by atoms with Crippen molar-refractivity contribution >= 4 is 29.4 Å². The molecule has 2 rings (SSSR count). The van der Waals surface area contributed by atoms with Crippen LogP contribution in [-0.4, -0.2) is 36.7 Å². The van der Waals surface area contributed by atoms with E-state index in [2.05, 4.69) is 0 Å². The molecule has 1 saturated heterocycles. The largest absolute Gasteiger partial charge is 0.493 e. The lowest BCUT2D eigenvalue weighted by atomic mass is 10.1. The highest BCUT2D eigenvalue weighted by atomic mass is 32.1. The van der Waals surface area contributed by atoms with Gasteiger partial charge >= 0.3 is 0 Å². The second kappa shape index (κ2) is 5.92. The highest BCUT2D eigenvalue weighted by Crippen LogP contribution is 2.29. The molecule has 0 spiro atoms. The maximum absolute atomic E-state index is 11.8. The van der Waals surface area contributed by atoms with Gasteiger partial charge < -0.3 is 14.2 Å². The van der Waals surface area contributed by atoms with Crippen LogP contribution in [0.2, 0.25) is 0 Å². The molecule has 1 aromatic carbocycles. The van der Waals surface area contributed by atoms with E-state index in [9.17, 15) is 4.79 Å². The maximum atomic E-state index is 11.8. The number of hydrogen-bond acceptors (Lipinski definition) is 5. The van der Waals surface area contributed by atoms with Crippen LogP contribution in [0.5, 0.6) is 11.5 Å². The van der Waals surface area contributed by atoms with Gasteiger partial charge in [0.1, 0.15) is 0 Å². The smallest absolute Gasteiger partial charge is 0.296 e. The second-order valence-electron chi connectivity index (χ2n) is 4.08. The lowest BCUT2D eigenvalue weighted by molar-refractivity contribution is -0.122. The van der Waals surface area contributed by atoms with E-state index in [0.29, 0.717) is 18.1 Å². The van der Waals surface area contributed by atoms with Gasteiger partial charge in [0.05, 0.1) is 13.7 Å². The van der Waals surface area contributed by atoms with Gasteiger partial charge in [-0.3, -0.25) is 9.69 Å². The van der Waals surface area contributed by atoms with Gasteiger partial charge in [-0.1, -0.05) is 6.07 Å². The summed E-state index contributed by atoms with van der Waals surface area (Å²) in [6.07, 6.45) is 1.62. The molecule has 1 heterocycles. The monoisotopic (exact) mass is 293 g/mol. The van der Waals surface area contributed by atoms with E-state index in [1.807, 2.05) is 13.0 Å². The number of likely N-dealkylation sites (N-methyl/N-ethyl adjacent to an activating group) is 1. The molecule has 106 valence electrons. The third-order valence-electron chi connectivity index (χ3n) is 2.77. The van der Waals surface area contributed by atoms with Crippen LogP contribution in [0.1, 0.15) is 12.5 Å². The fourth-order valence-electron chi connectivity index (χ4n) is 1.75. The summed E-state index contributed by atoms with van der Waals surface area (Å²) in [4.78, 5) is 13.1. The Morgan fingerprint density at radius 2 is 2.15 bits per heavy atom. The summed E-state index contributed by atoms with van der Waals surface area (Å²) in [5, 5.41) is 0.152. The van der Waals surface area contributed by atoms with Crippen molar-refractivity contribution in [2.75, 3.05) is 20.8 Å². The average molecular weight is 293 g/mol. The van der Waals surface area contributed by atoms with E-state index in [-0.39, 0.29) is 16.8 Å². The molecule has 5 nitrogen and oxygen atoms in total. The Balaban J connectivity index is 2.30. The molecule has 0 atom stereocenters. The van der Waals surface area contributed by atoms with Gasteiger partial charge in [0.25, 0.3) is 11.1 Å². The second-order valence-corrected chi connectivity index (χ2v) is 4.43. The number of rotatable bonds is 4. The summed E-state index contributed by atoms with van der Waals surface area (Å²) >= 11 is 4.91. The summed E-state index contributed by atoms with van der Waals surface area (Å²) < 4.78 is 15.9. The molecule has 0 N–H and O–H groups in total. The normalized spacial score (nSPS) is 16.6. The minimum absolute atomic E-state index is 0.152. The average Bonchev–Trinajstić information content (AvgIpc) is 2.68. The molecule has 0 aliphatic carbocycles. The van der Waals surface area contributed by atoms with Gasteiger partial charge in [0, 0.05) is 7.05 Å². The first-order valence-electron chi connectivity index (χ1n) is 6.09. The third kappa shape index (κ3) is 2.75. The predicted octanol–water partition coefficient (Wildman–Crippen LogP) is 2.21. The van der Waals surface area contributed by atoms with Crippen LogP contribution < -0.4 is 9.47 Å². The number of methoxy groups -OCH3 is 1. The van der Waals surface area contributed by atoms with Gasteiger partial charge in [0.15, 0.2) is 17.3 Å². The van der Waals surface area contributed by atoms with Crippen LogP contribution in [0, 0.1) is 0 Å². The van der Waals surface area contributed by atoms with Gasteiger partial charge in [-0.15, -0.1) is 0 Å². The number of nitrogens with zero attached hydrogens (tertiary/aromatic N) is 1. The summed E-state index contributed by atoms with van der Waals surface area (Å²) in [5.74, 6) is 1.19. The van der Waals surface area contributed by atoms with Crippen molar-refractivity contribution < 1.29 is 19.0 Å². The van der Waals surface area contributed by atoms with E-state index in [0.717, 1.165) is 5.56 Å². The van der Waals surface area contributed by atoms with E-state index in [1.54, 1.807) is 32.4 Å². The first-order valence-corrected chi connectivity index (χ1v) is 6.50. The zero-order valence-corrected chi connectivity index (χ0v) is 12.3. The van der Waals surface area contributed by atoms with E-state index >= 15 is 0 Å². The van der Waals surface area contributed by atoms with Crippen molar-refractivity contribution in [3.8, 4) is 11.5 Å². The Morgan fingerprint density at radius 1 is 1.40 bits per heavy atom. The number of thiocarbonyl (C=S) groups is 1. The molecule has 0 aromatic heterocycles. The van der Waals surface area contributed by atoms with E-state index < -0.39 is 0 Å². The fourth-order valence-corrected chi connectivity index (χ4v) is 1.92. The van der Waals surface area contributed by atoms with Crippen LogP contribution in [-0.2, 0) is 9.53 Å². The molecular weight excluding hydrogens is 278 g/mol. The number of benzene rings is 1. The molecule has 1 aromatic rings. The Kier molecular flexibility index (Phi) is 4.24. The molecule has 0 unspecified atom stereocenters. The number of ether oxygens (including phenoxy) is 3. The Labute approximate surface area is 122 Å². The highest BCUT2D eigenvalue weighted by molar-refractivity contribution is 7.80. The lowest BCUT2D eigenvalue weighted by Gasteiger charge is -2.09. The number of hydrogen-bond donors (Lipinski definition) is 0. The topological polar surface area (TPSA) is 48.0 Å². The zero-order chi connectivity index (χ0) is 14.7. The van der Waals surface area contributed by atoms with Crippen LogP contribution in [0.3, 0.4) is 0 Å². The van der Waals surface area contributed by atoms with Crippen molar-refractivity contribution in [2.24, 2.45) is 0 Å². The first-order chi connectivity index (χ1) is 9.56. The summed E-state index contributed by atoms with van der Waals surface area (Å²) in [5.41, 5.74) is 0.770. The third-order valence-corrected chi connectivity index (χ3v) is 3.13. The highest BCUT2D eigenvalue weighted by Gasteiger charge is 2.30. The summed E-state index contributed by atoms with van der Waals surface area (Å²) in [6, 6.07) is 5.38. The fraction of sp³-hybridized carbons (Fsp3) is 0.286. The molecule has 20 heavy (non-hydrogen) atoms. The van der Waals surface area contributed by atoms with Crippen LogP contribution in [0.25, 0.3) is 6.08 Å². The van der Waals surface area contributed by atoms with Crippen molar-refractivity contribution in [3.05, 3.63) is 29.5 Å². The maximum Gasteiger partial charge on any atom is 0.296 e. The first kappa shape index (κ1) is 14.3. The molecule has 6 heteroatoms. The molecule has 1 aliphatic heterocycles. The molecular formula is C14H15NO4S. The number of amides is 1. The van der Waals surface area contributed by atoms with Crippen molar-refractivity contribution in [3.63, 3.8) is 0 Å². The van der Waals surface area contributed by atoms with E-state index in [1.165, 1.54) is 4.90 Å². The van der Waals surface area contributed by atoms with Gasteiger partial charge in [0.2, 0.25) is 0 Å². The molecule has 1 fully saturated rings. The Morgan fingerprint density at radius 3 is 2.70 bits per heavy atom. The lowest BCUT2D eigenvalue weighted by Crippen LogP contribution is -2.22. The van der Waals surface area contributed by atoms with Crippen molar-refractivity contribution in [2.45, 2.75) is 6.92 Å². The Bertz CT molecular complexity index is 583. The minimum Gasteiger partial charge on any atom is -0.493 e. The van der Waals surface area contributed by atoms with Gasteiger partial charge in [-0.2, -0.15) is 0 Å². The Hall–Kier alpha value is -2.08. The molecule has 0 saturated carbocycles. The van der Waals surface area contributed by atoms with Gasteiger partial charge in [-0.25, -0.2) is 0 Å². The minimum atomic E-state index is -0.261.